The lowest BCUT2D eigenvalue weighted by Crippen LogP contribution is -2.42. The zero-order valence-corrected chi connectivity index (χ0v) is 14.9. The first kappa shape index (κ1) is 18.4. The number of carbonyl (C=O) groups is 1. The van der Waals surface area contributed by atoms with Gasteiger partial charge in [0.2, 0.25) is 5.91 Å². The fraction of sp³-hybridized carbons (Fsp3) is 0.471. The first-order chi connectivity index (χ1) is 11.6. The van der Waals surface area contributed by atoms with Crippen LogP contribution in [0.2, 0.25) is 10.0 Å². The molecule has 3 nitrogen and oxygen atoms in total. The standard InChI is InChI=1S/C17H17Cl2F3N2O/c1-8(7-17(20,21)22)16(25)23-10-2-3-13-11(6-10)15-12(19)4-9(18)5-14(15)24-13/h4-5,8,10,24H,2-3,6-7H2,1H3,(H,23,25)/t8-,10+/m0/s1. The second-order valence-corrected chi connectivity index (χ2v) is 7.40. The maximum absolute atomic E-state index is 12.4. The van der Waals surface area contributed by atoms with E-state index in [-0.39, 0.29) is 6.04 Å². The zero-order valence-electron chi connectivity index (χ0n) is 13.4. The average molecular weight is 393 g/mol. The average Bonchev–Trinajstić information content (AvgIpc) is 2.82. The van der Waals surface area contributed by atoms with Crippen LogP contribution in [-0.2, 0) is 17.6 Å². The number of hydrogen-bond donors (Lipinski definition) is 2. The highest BCUT2D eigenvalue weighted by molar-refractivity contribution is 6.38. The van der Waals surface area contributed by atoms with Crippen LogP contribution in [0.25, 0.3) is 10.9 Å². The number of hydrogen-bond acceptors (Lipinski definition) is 1. The normalized spacial score (nSPS) is 18.9. The molecule has 8 heteroatoms. The molecule has 0 spiro atoms. The lowest BCUT2D eigenvalue weighted by molar-refractivity contribution is -0.153. The topological polar surface area (TPSA) is 44.9 Å². The number of benzene rings is 1. The SMILES string of the molecule is C[C@@H](CC(F)(F)F)C(=O)N[C@@H]1CCc2[nH]c3cc(Cl)cc(Cl)c3c2C1. The molecule has 0 bridgehead atoms. The van der Waals surface area contributed by atoms with Crippen LogP contribution < -0.4 is 5.32 Å². The molecule has 0 saturated carbocycles. The lowest BCUT2D eigenvalue weighted by atomic mass is 9.91. The molecule has 0 fully saturated rings. The lowest BCUT2D eigenvalue weighted by Gasteiger charge is -2.25. The Labute approximate surface area is 152 Å². The molecule has 136 valence electrons. The maximum atomic E-state index is 12.4. The fourth-order valence-electron chi connectivity index (χ4n) is 3.38. The molecule has 0 saturated heterocycles. The molecular weight excluding hydrogens is 376 g/mol. The van der Waals surface area contributed by atoms with Gasteiger partial charge < -0.3 is 10.3 Å². The van der Waals surface area contributed by atoms with E-state index in [1.54, 1.807) is 12.1 Å². The Morgan fingerprint density at radius 3 is 2.80 bits per heavy atom. The number of aromatic amines is 1. The number of fused-ring (bicyclic) bond motifs is 3. The summed E-state index contributed by atoms with van der Waals surface area (Å²) in [5, 5.41) is 4.66. The second-order valence-electron chi connectivity index (χ2n) is 6.56. The Hall–Kier alpha value is -1.40. The fourth-order valence-corrected chi connectivity index (χ4v) is 3.99. The number of alkyl halides is 3. The highest BCUT2D eigenvalue weighted by Gasteiger charge is 2.34. The number of rotatable bonds is 3. The van der Waals surface area contributed by atoms with Crippen molar-refractivity contribution in [1.29, 1.82) is 0 Å². The molecule has 2 N–H and O–H groups in total. The highest BCUT2D eigenvalue weighted by atomic mass is 35.5. The van der Waals surface area contributed by atoms with Gasteiger partial charge in [0, 0.05) is 33.6 Å². The van der Waals surface area contributed by atoms with Crippen LogP contribution in [0, 0.1) is 5.92 Å². The van der Waals surface area contributed by atoms with Gasteiger partial charge in [-0.05, 0) is 37.0 Å². The van der Waals surface area contributed by atoms with Crippen LogP contribution in [0.4, 0.5) is 13.2 Å². The van der Waals surface area contributed by atoms with E-state index in [0.717, 1.165) is 22.2 Å². The van der Waals surface area contributed by atoms with Crippen LogP contribution in [0.5, 0.6) is 0 Å². The molecule has 0 radical (unpaired) electrons. The van der Waals surface area contributed by atoms with E-state index >= 15 is 0 Å². The Balaban J connectivity index is 1.76. The third kappa shape index (κ3) is 4.06. The van der Waals surface area contributed by atoms with Gasteiger partial charge in [-0.2, -0.15) is 13.2 Å². The molecule has 1 aromatic carbocycles. The van der Waals surface area contributed by atoms with Crippen molar-refractivity contribution in [2.24, 2.45) is 5.92 Å². The van der Waals surface area contributed by atoms with Crippen molar-refractivity contribution in [2.75, 3.05) is 0 Å². The summed E-state index contributed by atoms with van der Waals surface area (Å²) in [4.78, 5) is 15.3. The molecule has 3 rings (SSSR count). The summed E-state index contributed by atoms with van der Waals surface area (Å²) in [7, 11) is 0. The van der Waals surface area contributed by atoms with Crippen LogP contribution in [-0.4, -0.2) is 23.1 Å². The molecule has 25 heavy (non-hydrogen) atoms. The first-order valence-electron chi connectivity index (χ1n) is 7.99. The minimum Gasteiger partial charge on any atom is -0.358 e. The summed E-state index contributed by atoms with van der Waals surface area (Å²) in [6, 6.07) is 3.24. The van der Waals surface area contributed by atoms with Gasteiger partial charge in [-0.1, -0.05) is 30.1 Å². The van der Waals surface area contributed by atoms with E-state index < -0.39 is 24.4 Å². The van der Waals surface area contributed by atoms with Gasteiger partial charge in [-0.3, -0.25) is 4.79 Å². The summed E-state index contributed by atoms with van der Waals surface area (Å²) in [5.74, 6) is -1.67. The summed E-state index contributed by atoms with van der Waals surface area (Å²) >= 11 is 12.3. The molecule has 2 aromatic rings. The van der Waals surface area contributed by atoms with E-state index in [4.69, 9.17) is 23.2 Å². The van der Waals surface area contributed by atoms with E-state index in [1.807, 2.05) is 0 Å². The molecule has 1 heterocycles. The Kier molecular flexibility index (Phi) is 4.95. The van der Waals surface area contributed by atoms with E-state index in [9.17, 15) is 18.0 Å². The number of aromatic nitrogens is 1. The van der Waals surface area contributed by atoms with Crippen molar-refractivity contribution >= 4 is 40.0 Å². The van der Waals surface area contributed by atoms with Crippen molar-refractivity contribution in [3.8, 4) is 0 Å². The quantitative estimate of drug-likeness (QED) is 0.755. The molecular formula is C17H17Cl2F3N2O. The van der Waals surface area contributed by atoms with Crippen molar-refractivity contribution in [3.05, 3.63) is 33.4 Å². The molecule has 1 amide bonds. The summed E-state index contributed by atoms with van der Waals surface area (Å²) < 4.78 is 37.3. The third-order valence-electron chi connectivity index (χ3n) is 4.53. The van der Waals surface area contributed by atoms with Crippen molar-refractivity contribution in [2.45, 2.75) is 44.8 Å². The Bertz CT molecular complexity index is 816. The summed E-state index contributed by atoms with van der Waals surface area (Å²) in [6.07, 6.45) is -3.58. The van der Waals surface area contributed by atoms with Crippen molar-refractivity contribution < 1.29 is 18.0 Å². The van der Waals surface area contributed by atoms with Gasteiger partial charge in [0.25, 0.3) is 0 Å². The smallest absolute Gasteiger partial charge is 0.358 e. The van der Waals surface area contributed by atoms with Gasteiger partial charge in [-0.15, -0.1) is 0 Å². The number of aryl methyl sites for hydroxylation is 1. The van der Waals surface area contributed by atoms with Crippen LogP contribution in [0.15, 0.2) is 12.1 Å². The molecule has 0 aliphatic heterocycles. The number of carbonyl (C=O) groups excluding carboxylic acids is 1. The van der Waals surface area contributed by atoms with Crippen molar-refractivity contribution in [3.63, 3.8) is 0 Å². The Morgan fingerprint density at radius 2 is 2.12 bits per heavy atom. The van der Waals surface area contributed by atoms with Gasteiger partial charge >= 0.3 is 6.18 Å². The number of amides is 1. The molecule has 1 aliphatic carbocycles. The molecule has 1 aliphatic rings. The van der Waals surface area contributed by atoms with Gasteiger partial charge in [0.05, 0.1) is 11.4 Å². The second kappa shape index (κ2) is 6.72. The maximum Gasteiger partial charge on any atom is 0.389 e. The third-order valence-corrected chi connectivity index (χ3v) is 5.05. The largest absolute Gasteiger partial charge is 0.389 e. The van der Waals surface area contributed by atoms with Crippen LogP contribution in [0.1, 0.15) is 31.0 Å². The molecule has 0 unspecified atom stereocenters. The summed E-state index contributed by atoms with van der Waals surface area (Å²) in [5.41, 5.74) is 2.87. The van der Waals surface area contributed by atoms with Crippen LogP contribution in [0.3, 0.4) is 0 Å². The minimum atomic E-state index is -4.35. The first-order valence-corrected chi connectivity index (χ1v) is 8.75. The van der Waals surface area contributed by atoms with E-state index in [1.165, 1.54) is 6.92 Å². The van der Waals surface area contributed by atoms with Crippen LogP contribution >= 0.6 is 23.2 Å². The van der Waals surface area contributed by atoms with Crippen molar-refractivity contribution in [1.82, 2.24) is 10.3 Å². The predicted molar refractivity (Wildman–Crippen MR) is 92.1 cm³/mol. The minimum absolute atomic E-state index is 0.207. The van der Waals surface area contributed by atoms with Gasteiger partial charge in [-0.25, -0.2) is 0 Å². The number of nitrogens with one attached hydrogen (secondary N) is 2. The zero-order chi connectivity index (χ0) is 18.4. The Morgan fingerprint density at radius 1 is 1.40 bits per heavy atom. The number of halogens is 5. The number of H-pyrrole nitrogens is 1. The van der Waals surface area contributed by atoms with Gasteiger partial charge in [0.15, 0.2) is 0 Å². The predicted octanol–water partition coefficient (Wildman–Crippen LogP) is 5.04. The summed E-state index contributed by atoms with van der Waals surface area (Å²) in [6.45, 7) is 1.29. The van der Waals surface area contributed by atoms with E-state index in [2.05, 4.69) is 10.3 Å². The van der Waals surface area contributed by atoms with Gasteiger partial charge in [0.1, 0.15) is 0 Å². The highest BCUT2D eigenvalue weighted by Crippen LogP contribution is 2.36. The molecule has 2 atom stereocenters. The molecule has 1 aromatic heterocycles. The monoisotopic (exact) mass is 392 g/mol. The van der Waals surface area contributed by atoms with E-state index in [0.29, 0.717) is 29.3 Å².